The second-order valence-electron chi connectivity index (χ2n) is 6.23. The van der Waals surface area contributed by atoms with E-state index in [0.717, 1.165) is 39.8 Å². The molecule has 3 heterocycles. The average molecular weight is 352 g/mol. The van der Waals surface area contributed by atoms with Crippen LogP contribution >= 0.6 is 0 Å². The minimum Gasteiger partial charge on any atom is -0.462 e. The van der Waals surface area contributed by atoms with Crippen molar-refractivity contribution in [3.05, 3.63) is 41.5 Å². The Morgan fingerprint density at radius 2 is 2.00 bits per heavy atom. The summed E-state index contributed by atoms with van der Waals surface area (Å²) in [6.45, 7) is 8.94. The number of aromatic nitrogens is 4. The Morgan fingerprint density at radius 3 is 2.65 bits per heavy atom. The molecule has 3 aromatic rings. The van der Waals surface area contributed by atoms with Crippen LogP contribution in [0.1, 0.15) is 48.8 Å². The number of pyridine rings is 2. The monoisotopic (exact) mass is 352 g/mol. The Kier molecular flexibility index (Phi) is 5.30. The van der Waals surface area contributed by atoms with Crippen LogP contribution in [0.5, 0.6) is 0 Å². The molecule has 136 valence electrons. The third kappa shape index (κ3) is 3.19. The van der Waals surface area contributed by atoms with E-state index in [0.29, 0.717) is 25.1 Å². The lowest BCUT2D eigenvalue weighted by molar-refractivity contribution is 0.0525. The van der Waals surface area contributed by atoms with Gasteiger partial charge in [-0.3, -0.25) is 4.98 Å². The standard InChI is InChI=1S/C20H24N4O2/c1-5-8-16-18(20(25)26-7-3)17(14-9-13(4)10-21-11-14)15-12-22-24(6-2)19(15)23-16/h9-12H,5-8H2,1-4H3. The van der Waals surface area contributed by atoms with Gasteiger partial charge in [0.25, 0.3) is 0 Å². The zero-order valence-corrected chi connectivity index (χ0v) is 15.7. The summed E-state index contributed by atoms with van der Waals surface area (Å²) >= 11 is 0. The van der Waals surface area contributed by atoms with Gasteiger partial charge in [0.2, 0.25) is 0 Å². The molecule has 0 atom stereocenters. The van der Waals surface area contributed by atoms with Gasteiger partial charge in [-0.15, -0.1) is 0 Å². The van der Waals surface area contributed by atoms with Gasteiger partial charge in [0.05, 0.1) is 24.1 Å². The van der Waals surface area contributed by atoms with E-state index in [2.05, 4.69) is 17.0 Å². The largest absolute Gasteiger partial charge is 0.462 e. The predicted molar refractivity (Wildman–Crippen MR) is 101 cm³/mol. The number of carbonyl (C=O) groups is 1. The molecule has 0 saturated heterocycles. The SMILES string of the molecule is CCCc1nc2c(cnn2CC)c(-c2cncc(C)c2)c1C(=O)OCC. The Morgan fingerprint density at radius 1 is 1.19 bits per heavy atom. The Labute approximate surface area is 153 Å². The van der Waals surface area contributed by atoms with Gasteiger partial charge >= 0.3 is 5.97 Å². The van der Waals surface area contributed by atoms with Crippen molar-refractivity contribution >= 4 is 17.0 Å². The van der Waals surface area contributed by atoms with Crippen molar-refractivity contribution < 1.29 is 9.53 Å². The topological polar surface area (TPSA) is 69.9 Å². The second kappa shape index (κ2) is 7.64. The van der Waals surface area contributed by atoms with E-state index in [4.69, 9.17) is 9.72 Å². The Bertz CT molecular complexity index is 946. The number of hydrogen-bond donors (Lipinski definition) is 0. The van der Waals surface area contributed by atoms with Gasteiger partial charge in [0.1, 0.15) is 0 Å². The van der Waals surface area contributed by atoms with E-state index in [1.54, 1.807) is 18.6 Å². The highest BCUT2D eigenvalue weighted by Crippen LogP contribution is 2.34. The number of esters is 1. The first-order chi connectivity index (χ1) is 12.6. The molecule has 0 radical (unpaired) electrons. The predicted octanol–water partition coefficient (Wildman–Crippen LogP) is 3.95. The first-order valence-corrected chi connectivity index (χ1v) is 9.08. The van der Waals surface area contributed by atoms with E-state index < -0.39 is 0 Å². The number of carbonyl (C=O) groups excluding carboxylic acids is 1. The summed E-state index contributed by atoms with van der Waals surface area (Å²) in [6, 6.07) is 2.03. The van der Waals surface area contributed by atoms with Crippen molar-refractivity contribution in [3.8, 4) is 11.1 Å². The maximum atomic E-state index is 12.8. The van der Waals surface area contributed by atoms with Crippen molar-refractivity contribution in [1.29, 1.82) is 0 Å². The molecule has 0 spiro atoms. The first kappa shape index (κ1) is 18.0. The summed E-state index contributed by atoms with van der Waals surface area (Å²) in [5.74, 6) is -0.342. The van der Waals surface area contributed by atoms with Gasteiger partial charge in [0, 0.05) is 35.5 Å². The van der Waals surface area contributed by atoms with Gasteiger partial charge in [-0.05, 0) is 38.8 Å². The normalized spacial score (nSPS) is 11.1. The molecule has 3 rings (SSSR count). The molecule has 0 amide bonds. The van der Waals surface area contributed by atoms with E-state index in [1.165, 1.54) is 0 Å². The minimum absolute atomic E-state index is 0.322. The number of hydrogen-bond acceptors (Lipinski definition) is 5. The molecule has 0 bridgehead atoms. The molecular weight excluding hydrogens is 328 g/mol. The van der Waals surface area contributed by atoms with E-state index in [1.807, 2.05) is 31.5 Å². The summed E-state index contributed by atoms with van der Waals surface area (Å²) in [4.78, 5) is 21.9. The molecule has 0 N–H and O–H groups in total. The molecule has 0 unspecified atom stereocenters. The Hall–Kier alpha value is -2.76. The van der Waals surface area contributed by atoms with Crippen LogP contribution in [0.4, 0.5) is 0 Å². The lowest BCUT2D eigenvalue weighted by Gasteiger charge is -2.15. The van der Waals surface area contributed by atoms with Crippen LogP contribution in [0.25, 0.3) is 22.2 Å². The molecule has 0 fully saturated rings. The van der Waals surface area contributed by atoms with Crippen LogP contribution in [-0.2, 0) is 17.7 Å². The molecule has 6 heteroatoms. The third-order valence-electron chi connectivity index (χ3n) is 4.29. The van der Waals surface area contributed by atoms with E-state index >= 15 is 0 Å². The summed E-state index contributed by atoms with van der Waals surface area (Å²) in [6.07, 6.45) is 6.95. The zero-order valence-electron chi connectivity index (χ0n) is 15.7. The van der Waals surface area contributed by atoms with Gasteiger partial charge < -0.3 is 4.74 Å². The third-order valence-corrected chi connectivity index (χ3v) is 4.29. The molecule has 0 aromatic carbocycles. The van der Waals surface area contributed by atoms with Crippen molar-refractivity contribution in [3.63, 3.8) is 0 Å². The van der Waals surface area contributed by atoms with E-state index in [-0.39, 0.29) is 5.97 Å². The van der Waals surface area contributed by atoms with Crippen LogP contribution in [0.15, 0.2) is 24.7 Å². The Balaban J connectivity index is 2.41. The number of aryl methyl sites for hydroxylation is 3. The smallest absolute Gasteiger partial charge is 0.340 e. The highest BCUT2D eigenvalue weighted by atomic mass is 16.5. The maximum Gasteiger partial charge on any atom is 0.340 e. The van der Waals surface area contributed by atoms with Crippen molar-refractivity contribution in [2.75, 3.05) is 6.61 Å². The van der Waals surface area contributed by atoms with Gasteiger partial charge in [-0.1, -0.05) is 13.3 Å². The van der Waals surface area contributed by atoms with Crippen molar-refractivity contribution in [2.24, 2.45) is 0 Å². The number of fused-ring (bicyclic) bond motifs is 1. The molecule has 26 heavy (non-hydrogen) atoms. The second-order valence-corrected chi connectivity index (χ2v) is 6.23. The minimum atomic E-state index is -0.342. The highest BCUT2D eigenvalue weighted by Gasteiger charge is 2.25. The number of rotatable bonds is 6. The van der Waals surface area contributed by atoms with Crippen LogP contribution in [0.3, 0.4) is 0 Å². The van der Waals surface area contributed by atoms with E-state index in [9.17, 15) is 4.79 Å². The summed E-state index contributed by atoms with van der Waals surface area (Å²) < 4.78 is 7.22. The molecule has 0 saturated carbocycles. The summed E-state index contributed by atoms with van der Waals surface area (Å²) in [5, 5.41) is 5.30. The fourth-order valence-corrected chi connectivity index (χ4v) is 3.20. The van der Waals surface area contributed by atoms with Gasteiger partial charge in [-0.25, -0.2) is 14.5 Å². The quantitative estimate of drug-likeness (QED) is 0.628. The van der Waals surface area contributed by atoms with Crippen LogP contribution in [-0.4, -0.2) is 32.3 Å². The molecule has 6 nitrogen and oxygen atoms in total. The summed E-state index contributed by atoms with van der Waals surface area (Å²) in [7, 11) is 0. The average Bonchev–Trinajstić information content (AvgIpc) is 3.03. The lowest BCUT2D eigenvalue weighted by Crippen LogP contribution is -2.13. The van der Waals surface area contributed by atoms with Crippen molar-refractivity contribution in [2.45, 2.75) is 47.1 Å². The molecule has 0 aliphatic rings. The number of nitrogens with zero attached hydrogens (tertiary/aromatic N) is 4. The molecule has 0 aliphatic carbocycles. The van der Waals surface area contributed by atoms with Gasteiger partial charge in [-0.2, -0.15) is 5.10 Å². The molecule has 0 aliphatic heterocycles. The van der Waals surface area contributed by atoms with Crippen molar-refractivity contribution in [1.82, 2.24) is 19.7 Å². The highest BCUT2D eigenvalue weighted by molar-refractivity contribution is 6.07. The maximum absolute atomic E-state index is 12.8. The van der Waals surface area contributed by atoms with Crippen LogP contribution in [0.2, 0.25) is 0 Å². The van der Waals surface area contributed by atoms with Gasteiger partial charge in [0.15, 0.2) is 5.65 Å². The van der Waals surface area contributed by atoms with Crippen LogP contribution < -0.4 is 0 Å². The molecular formula is C20H24N4O2. The van der Waals surface area contributed by atoms with Crippen LogP contribution in [0, 0.1) is 6.92 Å². The lowest BCUT2D eigenvalue weighted by atomic mass is 9.95. The number of ether oxygens (including phenoxy) is 1. The summed E-state index contributed by atoms with van der Waals surface area (Å²) in [5.41, 5.74) is 4.80. The zero-order chi connectivity index (χ0) is 18.7. The molecule has 3 aromatic heterocycles. The fraction of sp³-hybridized carbons (Fsp3) is 0.400. The first-order valence-electron chi connectivity index (χ1n) is 9.08. The fourth-order valence-electron chi connectivity index (χ4n) is 3.20.